The van der Waals surface area contributed by atoms with Gasteiger partial charge in [-0.1, -0.05) is 17.9 Å². The SMILES string of the molecule is CNc1ccc(CN2CCN(C)CC2)c(C(F)(F)F)c1.N=Cc1cc(C#Cc2ccc(F)c(NC=O)c2)cnc1N. The minimum absolute atomic E-state index is 0.0624. The monoisotopic (exact) mass is 569 g/mol. The van der Waals surface area contributed by atoms with E-state index in [0.717, 1.165) is 32.4 Å². The van der Waals surface area contributed by atoms with Gasteiger partial charge in [0.05, 0.1) is 11.3 Å². The van der Waals surface area contributed by atoms with Gasteiger partial charge in [0.25, 0.3) is 0 Å². The second kappa shape index (κ2) is 14.2. The molecule has 1 aliphatic heterocycles. The number of aromatic nitrogens is 1. The molecule has 1 amide bonds. The Morgan fingerprint density at radius 2 is 1.78 bits per heavy atom. The first kappa shape index (κ1) is 31.1. The molecular weight excluding hydrogens is 538 g/mol. The van der Waals surface area contributed by atoms with E-state index in [1.165, 1.54) is 30.5 Å². The number of halogens is 4. The summed E-state index contributed by atoms with van der Waals surface area (Å²) in [4.78, 5) is 18.6. The molecule has 2 heterocycles. The summed E-state index contributed by atoms with van der Waals surface area (Å²) in [5.74, 6) is 5.40. The Morgan fingerprint density at radius 3 is 2.41 bits per heavy atom. The highest BCUT2D eigenvalue weighted by Crippen LogP contribution is 2.34. The lowest BCUT2D eigenvalue weighted by atomic mass is 10.0. The van der Waals surface area contributed by atoms with Crippen LogP contribution in [0.2, 0.25) is 0 Å². The first-order chi connectivity index (χ1) is 19.5. The van der Waals surface area contributed by atoms with E-state index in [-0.39, 0.29) is 11.5 Å². The third-order valence-electron chi connectivity index (χ3n) is 6.33. The number of hydrogen-bond acceptors (Lipinski definition) is 7. The number of alkyl halides is 3. The highest BCUT2D eigenvalue weighted by molar-refractivity contribution is 5.83. The Balaban J connectivity index is 0.000000226. The van der Waals surface area contributed by atoms with Crippen molar-refractivity contribution in [1.29, 1.82) is 5.41 Å². The van der Waals surface area contributed by atoms with Crippen LogP contribution in [-0.4, -0.2) is 67.7 Å². The zero-order chi connectivity index (χ0) is 30.0. The van der Waals surface area contributed by atoms with Gasteiger partial charge < -0.3 is 26.7 Å². The summed E-state index contributed by atoms with van der Waals surface area (Å²) in [5, 5.41) is 12.2. The van der Waals surface area contributed by atoms with Gasteiger partial charge in [-0.2, -0.15) is 13.2 Å². The third-order valence-corrected chi connectivity index (χ3v) is 6.33. The van der Waals surface area contributed by atoms with Gasteiger partial charge in [-0.3, -0.25) is 9.69 Å². The van der Waals surface area contributed by atoms with E-state index in [2.05, 4.69) is 37.3 Å². The molecule has 0 radical (unpaired) electrons. The lowest BCUT2D eigenvalue weighted by Crippen LogP contribution is -2.44. The normalized spacial score (nSPS) is 13.7. The van der Waals surface area contributed by atoms with Crippen LogP contribution < -0.4 is 16.4 Å². The molecule has 0 saturated carbocycles. The van der Waals surface area contributed by atoms with Crippen molar-refractivity contribution in [3.8, 4) is 11.8 Å². The maximum Gasteiger partial charge on any atom is 0.416 e. The highest BCUT2D eigenvalue weighted by atomic mass is 19.4. The summed E-state index contributed by atoms with van der Waals surface area (Å²) in [7, 11) is 3.65. The topological polar surface area (TPSA) is 110 Å². The Labute approximate surface area is 236 Å². The van der Waals surface area contributed by atoms with Gasteiger partial charge in [-0.15, -0.1) is 0 Å². The number of anilines is 3. The maximum atomic E-state index is 13.3. The molecule has 4 rings (SSSR count). The van der Waals surface area contributed by atoms with Crippen LogP contribution in [0, 0.1) is 23.1 Å². The van der Waals surface area contributed by atoms with Crippen LogP contribution in [0.3, 0.4) is 0 Å². The summed E-state index contributed by atoms with van der Waals surface area (Å²) in [6.07, 6.45) is -1.33. The standard InChI is InChI=1S/C15H11FN4O.C14H20F3N3/c16-13-4-3-10(6-14(13)20-9-21)1-2-11-5-12(7-17)15(18)19-8-11;1-18-12-4-3-11(13(9-12)14(15,16)17)10-20-7-5-19(2)6-8-20/h3-9,17H,(H2,18,19)(H,20,21);3-4,9,18H,5-8,10H2,1-2H3. The van der Waals surface area contributed by atoms with Gasteiger partial charge in [0.1, 0.15) is 11.6 Å². The van der Waals surface area contributed by atoms with Crippen molar-refractivity contribution in [2.45, 2.75) is 12.7 Å². The van der Waals surface area contributed by atoms with Crippen LogP contribution in [0.25, 0.3) is 0 Å². The minimum Gasteiger partial charge on any atom is -0.388 e. The molecule has 1 aliphatic rings. The van der Waals surface area contributed by atoms with E-state index >= 15 is 0 Å². The minimum atomic E-state index is -4.31. The Morgan fingerprint density at radius 1 is 1.07 bits per heavy atom. The zero-order valence-electron chi connectivity index (χ0n) is 22.6. The molecule has 12 heteroatoms. The van der Waals surface area contributed by atoms with Crippen LogP contribution in [0.4, 0.5) is 34.8 Å². The number of rotatable bonds is 6. The summed E-state index contributed by atoms with van der Waals surface area (Å²) in [5.41, 5.74) is 7.53. The molecule has 5 N–H and O–H groups in total. The second-order valence-electron chi connectivity index (χ2n) is 9.25. The maximum absolute atomic E-state index is 13.3. The molecule has 41 heavy (non-hydrogen) atoms. The highest BCUT2D eigenvalue weighted by Gasteiger charge is 2.34. The Kier molecular flexibility index (Phi) is 10.8. The summed E-state index contributed by atoms with van der Waals surface area (Å²) in [6.45, 7) is 3.77. The van der Waals surface area contributed by atoms with E-state index < -0.39 is 17.6 Å². The average Bonchev–Trinajstić information content (AvgIpc) is 2.95. The molecule has 0 spiro atoms. The van der Waals surface area contributed by atoms with E-state index in [4.69, 9.17) is 11.1 Å². The first-order valence-corrected chi connectivity index (χ1v) is 12.6. The number of pyridine rings is 1. The van der Waals surface area contributed by atoms with Gasteiger partial charge in [0, 0.05) is 74.6 Å². The molecule has 8 nitrogen and oxygen atoms in total. The van der Waals surface area contributed by atoms with Crippen LogP contribution in [0.1, 0.15) is 27.8 Å². The van der Waals surface area contributed by atoms with Gasteiger partial charge in [0.15, 0.2) is 0 Å². The molecule has 0 atom stereocenters. The number of hydrogen-bond donors (Lipinski definition) is 4. The molecule has 2 aromatic carbocycles. The molecule has 0 bridgehead atoms. The number of carbonyl (C=O) groups excluding carboxylic acids is 1. The molecular formula is C29H31F4N7O. The molecule has 3 aromatic rings. The Bertz CT molecular complexity index is 1420. The van der Waals surface area contributed by atoms with Crippen LogP contribution in [0.15, 0.2) is 48.7 Å². The summed E-state index contributed by atoms with van der Waals surface area (Å²) in [6, 6.07) is 10.2. The fourth-order valence-corrected chi connectivity index (χ4v) is 3.98. The van der Waals surface area contributed by atoms with Crippen molar-refractivity contribution < 1.29 is 22.4 Å². The first-order valence-electron chi connectivity index (χ1n) is 12.6. The number of piperazine rings is 1. The fraction of sp³-hybridized carbons (Fsp3) is 0.276. The number of nitrogens with one attached hydrogen (secondary N) is 3. The van der Waals surface area contributed by atoms with E-state index in [1.54, 1.807) is 25.2 Å². The molecule has 1 aromatic heterocycles. The predicted octanol–water partition coefficient (Wildman–Crippen LogP) is 4.26. The lowest BCUT2D eigenvalue weighted by molar-refractivity contribution is -0.138. The third kappa shape index (κ3) is 9.02. The number of amides is 1. The molecule has 1 fully saturated rings. The van der Waals surface area contributed by atoms with Crippen molar-refractivity contribution in [1.82, 2.24) is 14.8 Å². The molecule has 1 saturated heterocycles. The zero-order valence-corrected chi connectivity index (χ0v) is 22.6. The van der Waals surface area contributed by atoms with Gasteiger partial charge >= 0.3 is 6.18 Å². The van der Waals surface area contributed by atoms with Crippen LogP contribution >= 0.6 is 0 Å². The summed E-state index contributed by atoms with van der Waals surface area (Å²) < 4.78 is 52.7. The summed E-state index contributed by atoms with van der Waals surface area (Å²) >= 11 is 0. The van der Waals surface area contributed by atoms with E-state index in [0.29, 0.717) is 40.9 Å². The van der Waals surface area contributed by atoms with Gasteiger partial charge in [-0.25, -0.2) is 9.37 Å². The number of nitrogens with two attached hydrogens (primary N) is 1. The van der Waals surface area contributed by atoms with E-state index in [9.17, 15) is 22.4 Å². The van der Waals surface area contributed by atoms with Crippen LogP contribution in [0.5, 0.6) is 0 Å². The smallest absolute Gasteiger partial charge is 0.388 e. The second-order valence-corrected chi connectivity index (χ2v) is 9.25. The van der Waals surface area contributed by atoms with Crippen molar-refractivity contribution in [2.24, 2.45) is 0 Å². The van der Waals surface area contributed by atoms with Crippen molar-refractivity contribution >= 4 is 29.8 Å². The quantitative estimate of drug-likeness (QED) is 0.153. The number of nitrogen functional groups attached to an aromatic ring is 1. The largest absolute Gasteiger partial charge is 0.416 e. The number of likely N-dealkylation sites (N-methyl/N-ethyl adjacent to an activating group) is 1. The molecule has 216 valence electrons. The molecule has 0 aliphatic carbocycles. The predicted molar refractivity (Wildman–Crippen MR) is 152 cm³/mol. The van der Waals surface area contributed by atoms with Crippen molar-refractivity contribution in [3.63, 3.8) is 0 Å². The number of carbonyl (C=O) groups is 1. The van der Waals surface area contributed by atoms with Crippen molar-refractivity contribution in [2.75, 3.05) is 56.6 Å². The Hall–Kier alpha value is -4.47. The fourth-order valence-electron chi connectivity index (χ4n) is 3.98. The van der Waals surface area contributed by atoms with Crippen LogP contribution in [-0.2, 0) is 17.5 Å². The number of nitrogens with zero attached hydrogens (tertiary/aromatic N) is 3. The lowest BCUT2D eigenvalue weighted by Gasteiger charge is -2.33. The number of benzene rings is 2. The van der Waals surface area contributed by atoms with Gasteiger partial charge in [-0.05, 0) is 49.0 Å². The average molecular weight is 570 g/mol. The molecule has 0 unspecified atom stereocenters. The van der Waals surface area contributed by atoms with Crippen molar-refractivity contribution in [3.05, 3.63) is 82.3 Å². The van der Waals surface area contributed by atoms with Gasteiger partial charge in [0.2, 0.25) is 6.41 Å². The van der Waals surface area contributed by atoms with E-state index in [1.807, 2.05) is 7.05 Å².